The second kappa shape index (κ2) is 7.82. The van der Waals surface area contributed by atoms with E-state index in [1.807, 2.05) is 61.5 Å². The van der Waals surface area contributed by atoms with Crippen LogP contribution < -0.4 is 16.7 Å². The molecule has 4 aromatic rings. The van der Waals surface area contributed by atoms with Crippen LogP contribution in [0.1, 0.15) is 16.7 Å². The summed E-state index contributed by atoms with van der Waals surface area (Å²) in [4.78, 5) is 30.3. The summed E-state index contributed by atoms with van der Waals surface area (Å²) in [6, 6.07) is 17.3. The maximum absolute atomic E-state index is 13.1. The lowest BCUT2D eigenvalue weighted by atomic mass is 10.2. The highest BCUT2D eigenvalue weighted by molar-refractivity contribution is 5.80. The van der Waals surface area contributed by atoms with Gasteiger partial charge in [0.25, 0.3) is 5.56 Å². The van der Waals surface area contributed by atoms with Crippen molar-refractivity contribution in [2.75, 3.05) is 5.43 Å². The van der Waals surface area contributed by atoms with Gasteiger partial charge in [0.2, 0.25) is 5.95 Å². The third-order valence-electron chi connectivity index (χ3n) is 5.00. The van der Waals surface area contributed by atoms with Gasteiger partial charge >= 0.3 is 5.69 Å². The van der Waals surface area contributed by atoms with Gasteiger partial charge in [0.1, 0.15) is 0 Å². The highest BCUT2D eigenvalue weighted by Crippen LogP contribution is 2.13. The average Bonchev–Trinajstić information content (AvgIpc) is 3.08. The van der Waals surface area contributed by atoms with Crippen molar-refractivity contribution in [1.29, 1.82) is 0 Å². The maximum Gasteiger partial charge on any atom is 0.332 e. The van der Waals surface area contributed by atoms with Crippen molar-refractivity contribution in [2.24, 2.45) is 19.2 Å². The summed E-state index contributed by atoms with van der Waals surface area (Å²) in [5.74, 6) is 0.373. The smallest absolute Gasteiger partial charge is 0.306 e. The van der Waals surface area contributed by atoms with Gasteiger partial charge in [-0.1, -0.05) is 60.2 Å². The first-order valence-corrected chi connectivity index (χ1v) is 9.51. The molecule has 0 aliphatic carbocycles. The molecule has 30 heavy (non-hydrogen) atoms. The number of nitrogens with one attached hydrogen (secondary N) is 1. The highest BCUT2D eigenvalue weighted by Gasteiger charge is 2.18. The Balaban J connectivity index is 1.72. The normalized spacial score (nSPS) is 11.4. The number of benzene rings is 2. The van der Waals surface area contributed by atoms with Crippen molar-refractivity contribution in [1.82, 2.24) is 18.7 Å². The van der Waals surface area contributed by atoms with Gasteiger partial charge < -0.3 is 4.57 Å². The number of fused-ring (bicyclic) bond motifs is 1. The number of aromatic nitrogens is 4. The Morgan fingerprint density at radius 2 is 1.70 bits per heavy atom. The first-order chi connectivity index (χ1) is 14.5. The van der Waals surface area contributed by atoms with E-state index >= 15 is 0 Å². The summed E-state index contributed by atoms with van der Waals surface area (Å²) in [5.41, 5.74) is 5.69. The Labute approximate surface area is 172 Å². The third kappa shape index (κ3) is 3.55. The maximum atomic E-state index is 13.1. The third-order valence-corrected chi connectivity index (χ3v) is 5.00. The largest absolute Gasteiger partial charge is 0.332 e. The molecule has 0 bridgehead atoms. The number of imidazole rings is 1. The number of hydrogen-bond acceptors (Lipinski definition) is 5. The Kier molecular flexibility index (Phi) is 5.05. The van der Waals surface area contributed by atoms with Crippen LogP contribution in [-0.4, -0.2) is 24.9 Å². The van der Waals surface area contributed by atoms with Crippen LogP contribution in [0.5, 0.6) is 0 Å². The van der Waals surface area contributed by atoms with Gasteiger partial charge in [0.05, 0.1) is 12.8 Å². The molecule has 2 heterocycles. The molecule has 0 spiro atoms. The van der Waals surface area contributed by atoms with Crippen LogP contribution in [0.2, 0.25) is 0 Å². The molecule has 0 amide bonds. The summed E-state index contributed by atoms with van der Waals surface area (Å²) in [6.45, 7) is 2.22. The number of hydrazone groups is 1. The molecule has 0 aliphatic rings. The minimum absolute atomic E-state index is 0.196. The van der Waals surface area contributed by atoms with Gasteiger partial charge in [0, 0.05) is 14.1 Å². The van der Waals surface area contributed by atoms with Crippen molar-refractivity contribution in [3.63, 3.8) is 0 Å². The Bertz CT molecular complexity index is 1350. The highest BCUT2D eigenvalue weighted by atomic mass is 16.2. The lowest BCUT2D eigenvalue weighted by Gasteiger charge is -2.08. The van der Waals surface area contributed by atoms with Crippen LogP contribution in [-0.2, 0) is 20.6 Å². The van der Waals surface area contributed by atoms with Gasteiger partial charge in [-0.15, -0.1) is 0 Å². The zero-order valence-corrected chi connectivity index (χ0v) is 17.0. The number of anilines is 1. The molecule has 0 fully saturated rings. The van der Waals surface area contributed by atoms with E-state index < -0.39 is 5.69 Å². The molecule has 0 radical (unpaired) electrons. The van der Waals surface area contributed by atoms with E-state index in [2.05, 4.69) is 15.5 Å². The number of nitrogens with zero attached hydrogens (tertiary/aromatic N) is 5. The Hall–Kier alpha value is -3.94. The van der Waals surface area contributed by atoms with Crippen LogP contribution in [0.15, 0.2) is 69.3 Å². The topological polar surface area (TPSA) is 86.2 Å². The van der Waals surface area contributed by atoms with E-state index in [0.29, 0.717) is 17.1 Å². The van der Waals surface area contributed by atoms with Crippen molar-refractivity contribution in [2.45, 2.75) is 13.5 Å². The predicted molar refractivity (Wildman–Crippen MR) is 118 cm³/mol. The fraction of sp³-hybridized carbons (Fsp3) is 0.182. The van der Waals surface area contributed by atoms with E-state index in [1.54, 1.807) is 24.9 Å². The van der Waals surface area contributed by atoms with Crippen LogP contribution in [0.25, 0.3) is 11.2 Å². The van der Waals surface area contributed by atoms with Gasteiger partial charge in [-0.25, -0.2) is 10.2 Å². The summed E-state index contributed by atoms with van der Waals surface area (Å²) in [7, 11) is 3.33. The van der Waals surface area contributed by atoms with E-state index in [4.69, 9.17) is 0 Å². The molecule has 0 unspecified atom stereocenters. The summed E-state index contributed by atoms with van der Waals surface area (Å²) in [6.07, 6.45) is 1.67. The van der Waals surface area contributed by atoms with Crippen molar-refractivity contribution < 1.29 is 0 Å². The molecule has 8 nitrogen and oxygen atoms in total. The molecule has 4 rings (SSSR count). The molecule has 1 N–H and O–H groups in total. The first-order valence-electron chi connectivity index (χ1n) is 9.51. The van der Waals surface area contributed by atoms with Gasteiger partial charge in [0.15, 0.2) is 11.2 Å². The summed E-state index contributed by atoms with van der Waals surface area (Å²) < 4.78 is 4.22. The molecule has 0 aliphatic heterocycles. The fourth-order valence-corrected chi connectivity index (χ4v) is 3.27. The van der Waals surface area contributed by atoms with E-state index in [-0.39, 0.29) is 12.1 Å². The van der Waals surface area contributed by atoms with E-state index in [9.17, 15) is 9.59 Å². The molecule has 8 heteroatoms. The molecule has 2 aromatic heterocycles. The number of aryl methyl sites for hydroxylation is 3. The standard InChI is InChI=1S/C22H22N6O2/c1-15-9-11-16(12-10-15)13-23-25-21-24-19-18(26(21)2)20(29)28(22(30)27(19)3)14-17-7-5-4-6-8-17/h4-13H,14H2,1-3H3,(H,24,25)/b23-13+. The van der Waals surface area contributed by atoms with Gasteiger partial charge in [-0.05, 0) is 18.1 Å². The zero-order valence-electron chi connectivity index (χ0n) is 17.0. The summed E-state index contributed by atoms with van der Waals surface area (Å²) in [5, 5.41) is 4.21. The van der Waals surface area contributed by atoms with E-state index in [1.165, 1.54) is 14.7 Å². The summed E-state index contributed by atoms with van der Waals surface area (Å²) >= 11 is 0. The quantitative estimate of drug-likeness (QED) is 0.410. The second-order valence-corrected chi connectivity index (χ2v) is 7.17. The number of hydrogen-bond donors (Lipinski definition) is 1. The molecule has 0 atom stereocenters. The van der Waals surface area contributed by atoms with Crippen LogP contribution in [0.4, 0.5) is 5.95 Å². The molecular weight excluding hydrogens is 380 g/mol. The first kappa shape index (κ1) is 19.4. The van der Waals surface area contributed by atoms with Gasteiger partial charge in [-0.2, -0.15) is 10.1 Å². The average molecular weight is 402 g/mol. The van der Waals surface area contributed by atoms with Crippen LogP contribution in [0, 0.1) is 6.92 Å². The monoisotopic (exact) mass is 402 g/mol. The van der Waals surface area contributed by atoms with Crippen molar-refractivity contribution in [3.8, 4) is 0 Å². The molecule has 0 saturated carbocycles. The number of rotatable bonds is 5. The Morgan fingerprint density at radius 1 is 1.00 bits per heavy atom. The minimum Gasteiger partial charge on any atom is -0.306 e. The Morgan fingerprint density at radius 3 is 2.40 bits per heavy atom. The van der Waals surface area contributed by atoms with Crippen LogP contribution in [0.3, 0.4) is 0 Å². The lowest BCUT2D eigenvalue weighted by Crippen LogP contribution is -2.39. The fourth-order valence-electron chi connectivity index (χ4n) is 3.27. The molecule has 152 valence electrons. The van der Waals surface area contributed by atoms with E-state index in [0.717, 1.165) is 11.1 Å². The molecule has 0 saturated heterocycles. The predicted octanol–water partition coefficient (Wildman–Crippen LogP) is 2.24. The minimum atomic E-state index is -0.413. The molecule has 2 aromatic carbocycles. The zero-order chi connectivity index (χ0) is 21.3. The second-order valence-electron chi connectivity index (χ2n) is 7.17. The lowest BCUT2D eigenvalue weighted by molar-refractivity contribution is 0.655. The molecular formula is C22H22N6O2. The van der Waals surface area contributed by atoms with Gasteiger partial charge in [-0.3, -0.25) is 13.9 Å². The SMILES string of the molecule is Cc1ccc(/C=N/Nc2nc3c(c(=O)n(Cc4ccccc4)c(=O)n3C)n2C)cc1. The van der Waals surface area contributed by atoms with Crippen LogP contribution >= 0.6 is 0 Å². The van der Waals surface area contributed by atoms with Crippen molar-refractivity contribution in [3.05, 3.63) is 92.1 Å². The van der Waals surface area contributed by atoms with Crippen molar-refractivity contribution >= 4 is 23.3 Å².